The van der Waals surface area contributed by atoms with E-state index >= 15 is 0 Å². The van der Waals surface area contributed by atoms with Gasteiger partial charge in [0, 0.05) is 37.7 Å². The minimum Gasteiger partial charge on any atom is -0.314 e. The van der Waals surface area contributed by atoms with E-state index in [0.29, 0.717) is 5.92 Å². The first-order valence-corrected chi connectivity index (χ1v) is 6.32. The van der Waals surface area contributed by atoms with Gasteiger partial charge in [-0.25, -0.2) is 0 Å². The lowest BCUT2D eigenvalue weighted by atomic mass is 10.0. The van der Waals surface area contributed by atoms with Gasteiger partial charge in [-0.3, -0.25) is 0 Å². The number of piperazine rings is 1. The van der Waals surface area contributed by atoms with Crippen LogP contribution < -0.4 is 5.32 Å². The number of hydrogen-bond acceptors (Lipinski definition) is 2. The van der Waals surface area contributed by atoms with Crippen molar-refractivity contribution < 1.29 is 0 Å². The maximum absolute atomic E-state index is 6.01. The van der Waals surface area contributed by atoms with Crippen molar-refractivity contribution in [3.8, 4) is 0 Å². The van der Waals surface area contributed by atoms with Crippen LogP contribution in [0.5, 0.6) is 0 Å². The van der Waals surface area contributed by atoms with Crippen LogP contribution in [0.4, 0.5) is 0 Å². The van der Waals surface area contributed by atoms with Crippen LogP contribution in [0.2, 0.25) is 5.02 Å². The first-order chi connectivity index (χ1) is 7.75. The van der Waals surface area contributed by atoms with Gasteiger partial charge in [-0.15, -0.1) is 0 Å². The predicted octanol–water partition coefficient (Wildman–Crippen LogP) is 2.35. The summed E-state index contributed by atoms with van der Waals surface area (Å²) >= 11 is 6.01. The lowest BCUT2D eigenvalue weighted by Gasteiger charge is -2.29. The van der Waals surface area contributed by atoms with Crippen molar-refractivity contribution in [2.24, 2.45) is 0 Å². The van der Waals surface area contributed by atoms with E-state index in [2.05, 4.69) is 29.3 Å². The van der Waals surface area contributed by atoms with Crippen molar-refractivity contribution in [2.45, 2.75) is 12.8 Å². The van der Waals surface area contributed by atoms with Gasteiger partial charge in [-0.2, -0.15) is 0 Å². The molecule has 0 spiro atoms. The van der Waals surface area contributed by atoms with Crippen molar-refractivity contribution in [3.05, 3.63) is 34.9 Å². The van der Waals surface area contributed by atoms with Gasteiger partial charge in [0.2, 0.25) is 0 Å². The summed E-state index contributed by atoms with van der Waals surface area (Å²) in [6.45, 7) is 7.94. The van der Waals surface area contributed by atoms with Crippen LogP contribution in [0.3, 0.4) is 0 Å². The molecule has 0 aromatic heterocycles. The molecule has 0 bridgehead atoms. The van der Waals surface area contributed by atoms with E-state index in [-0.39, 0.29) is 0 Å². The van der Waals surface area contributed by atoms with Crippen LogP contribution in [0.1, 0.15) is 18.4 Å². The molecule has 2 nitrogen and oxygen atoms in total. The molecular formula is C13H19ClN2. The molecule has 0 amide bonds. The Morgan fingerprint density at radius 3 is 2.81 bits per heavy atom. The summed E-state index contributed by atoms with van der Waals surface area (Å²) in [5.74, 6) is 0.553. The number of benzene rings is 1. The molecular weight excluding hydrogens is 220 g/mol. The SMILES string of the molecule is CC(CN1CCNCC1)c1cccc(Cl)c1. The van der Waals surface area contributed by atoms with E-state index in [4.69, 9.17) is 11.6 Å². The standard InChI is InChI=1S/C13H19ClN2/c1-11(10-16-7-5-15-6-8-16)12-3-2-4-13(14)9-12/h2-4,9,11,15H,5-8,10H2,1H3. The zero-order chi connectivity index (χ0) is 11.4. The minimum atomic E-state index is 0.553. The third-order valence-corrected chi connectivity index (χ3v) is 3.39. The molecule has 0 radical (unpaired) electrons. The maximum atomic E-state index is 6.01. The molecule has 88 valence electrons. The van der Waals surface area contributed by atoms with Crippen LogP contribution in [0, 0.1) is 0 Å². The van der Waals surface area contributed by atoms with E-state index in [1.807, 2.05) is 12.1 Å². The van der Waals surface area contributed by atoms with Crippen molar-refractivity contribution in [2.75, 3.05) is 32.7 Å². The van der Waals surface area contributed by atoms with E-state index < -0.39 is 0 Å². The van der Waals surface area contributed by atoms with Gasteiger partial charge in [0.05, 0.1) is 0 Å². The molecule has 2 rings (SSSR count). The van der Waals surface area contributed by atoms with E-state index in [1.54, 1.807) is 0 Å². The second-order valence-corrected chi connectivity index (χ2v) is 4.94. The van der Waals surface area contributed by atoms with E-state index in [1.165, 1.54) is 5.56 Å². The summed E-state index contributed by atoms with van der Waals surface area (Å²) in [4.78, 5) is 2.52. The molecule has 1 aliphatic heterocycles. The molecule has 1 saturated heterocycles. The number of hydrogen-bond donors (Lipinski definition) is 1. The number of rotatable bonds is 3. The highest BCUT2D eigenvalue weighted by Gasteiger charge is 2.14. The van der Waals surface area contributed by atoms with Crippen LogP contribution >= 0.6 is 11.6 Å². The number of nitrogens with zero attached hydrogens (tertiary/aromatic N) is 1. The van der Waals surface area contributed by atoms with Crippen LogP contribution in [0.15, 0.2) is 24.3 Å². The lowest BCUT2D eigenvalue weighted by Crippen LogP contribution is -2.44. The van der Waals surface area contributed by atoms with Crippen LogP contribution in [-0.4, -0.2) is 37.6 Å². The quantitative estimate of drug-likeness (QED) is 0.870. The summed E-state index contributed by atoms with van der Waals surface area (Å²) in [7, 11) is 0. The largest absolute Gasteiger partial charge is 0.314 e. The molecule has 1 aromatic rings. The highest BCUT2D eigenvalue weighted by Crippen LogP contribution is 2.20. The molecule has 1 fully saturated rings. The molecule has 1 atom stereocenters. The average Bonchev–Trinajstić information content (AvgIpc) is 2.30. The third-order valence-electron chi connectivity index (χ3n) is 3.16. The van der Waals surface area contributed by atoms with Gasteiger partial charge in [0.1, 0.15) is 0 Å². The van der Waals surface area contributed by atoms with Crippen LogP contribution in [-0.2, 0) is 0 Å². The summed E-state index contributed by atoms with van der Waals surface area (Å²) < 4.78 is 0. The van der Waals surface area contributed by atoms with Crippen molar-refractivity contribution in [1.29, 1.82) is 0 Å². The highest BCUT2D eigenvalue weighted by molar-refractivity contribution is 6.30. The third kappa shape index (κ3) is 3.21. The van der Waals surface area contributed by atoms with Gasteiger partial charge in [0.15, 0.2) is 0 Å². The van der Waals surface area contributed by atoms with Gasteiger partial charge >= 0.3 is 0 Å². The second-order valence-electron chi connectivity index (χ2n) is 4.51. The molecule has 0 aliphatic carbocycles. The zero-order valence-corrected chi connectivity index (χ0v) is 10.5. The molecule has 1 unspecified atom stereocenters. The Balaban J connectivity index is 1.94. The monoisotopic (exact) mass is 238 g/mol. The average molecular weight is 239 g/mol. The van der Waals surface area contributed by atoms with Gasteiger partial charge in [-0.1, -0.05) is 30.7 Å². The Morgan fingerprint density at radius 1 is 1.38 bits per heavy atom. The van der Waals surface area contributed by atoms with Gasteiger partial charge in [0.25, 0.3) is 0 Å². The topological polar surface area (TPSA) is 15.3 Å². The fraction of sp³-hybridized carbons (Fsp3) is 0.538. The molecule has 0 saturated carbocycles. The fourth-order valence-electron chi connectivity index (χ4n) is 2.20. The van der Waals surface area contributed by atoms with Gasteiger partial charge < -0.3 is 10.2 Å². The normalized spacial score (nSPS) is 19.6. The predicted molar refractivity (Wildman–Crippen MR) is 69.2 cm³/mol. The Labute approximate surface area is 103 Å². The first-order valence-electron chi connectivity index (χ1n) is 5.94. The first kappa shape index (κ1) is 11.9. The van der Waals surface area contributed by atoms with Crippen LogP contribution in [0.25, 0.3) is 0 Å². The molecule has 1 heterocycles. The smallest absolute Gasteiger partial charge is 0.0408 e. The Hall–Kier alpha value is -0.570. The van der Waals surface area contributed by atoms with Gasteiger partial charge in [-0.05, 0) is 23.6 Å². The summed E-state index contributed by atoms with van der Waals surface area (Å²) in [6.07, 6.45) is 0. The summed E-state index contributed by atoms with van der Waals surface area (Å²) in [5, 5.41) is 4.21. The zero-order valence-electron chi connectivity index (χ0n) is 9.75. The maximum Gasteiger partial charge on any atom is 0.0408 e. The van der Waals surface area contributed by atoms with Crippen molar-refractivity contribution >= 4 is 11.6 Å². The molecule has 3 heteroatoms. The highest BCUT2D eigenvalue weighted by atomic mass is 35.5. The van der Waals surface area contributed by atoms with E-state index in [0.717, 1.165) is 37.7 Å². The fourth-order valence-corrected chi connectivity index (χ4v) is 2.40. The van der Waals surface area contributed by atoms with Crippen molar-refractivity contribution in [3.63, 3.8) is 0 Å². The molecule has 1 aromatic carbocycles. The Bertz CT molecular complexity index is 334. The summed E-state index contributed by atoms with van der Waals surface area (Å²) in [6, 6.07) is 8.21. The molecule has 1 N–H and O–H groups in total. The number of halogens is 1. The van der Waals surface area contributed by atoms with Crippen molar-refractivity contribution in [1.82, 2.24) is 10.2 Å². The number of nitrogens with one attached hydrogen (secondary N) is 1. The summed E-state index contributed by atoms with van der Waals surface area (Å²) in [5.41, 5.74) is 1.34. The minimum absolute atomic E-state index is 0.553. The lowest BCUT2D eigenvalue weighted by molar-refractivity contribution is 0.230. The molecule has 1 aliphatic rings. The Morgan fingerprint density at radius 2 is 2.12 bits per heavy atom. The Kier molecular flexibility index (Phi) is 4.22. The second kappa shape index (κ2) is 5.67. The van der Waals surface area contributed by atoms with E-state index in [9.17, 15) is 0 Å². The molecule has 16 heavy (non-hydrogen) atoms.